The third-order valence-electron chi connectivity index (χ3n) is 4.18. The Balaban J connectivity index is 1.60. The van der Waals surface area contributed by atoms with Crippen LogP contribution in [0.5, 0.6) is 5.75 Å². The molecular formula is C19H22BrFNO2+. The molecule has 3 nitrogen and oxygen atoms in total. The Labute approximate surface area is 150 Å². The van der Waals surface area contributed by atoms with Crippen LogP contribution >= 0.6 is 15.9 Å². The summed E-state index contributed by atoms with van der Waals surface area (Å²) in [6, 6.07) is 12.6. The second-order valence-corrected chi connectivity index (χ2v) is 6.91. The Morgan fingerprint density at radius 1 is 1.21 bits per heavy atom. The van der Waals surface area contributed by atoms with Gasteiger partial charge in [-0.2, -0.15) is 0 Å². The Kier molecular flexibility index (Phi) is 6.24. The molecule has 5 heteroatoms. The van der Waals surface area contributed by atoms with Gasteiger partial charge in [0.05, 0.1) is 0 Å². The van der Waals surface area contributed by atoms with Gasteiger partial charge in [0.25, 0.3) is 0 Å². The lowest BCUT2D eigenvalue weighted by atomic mass is 10.2. The van der Waals surface area contributed by atoms with E-state index in [4.69, 9.17) is 9.47 Å². The van der Waals surface area contributed by atoms with Gasteiger partial charge in [0.15, 0.2) is 0 Å². The molecule has 0 aromatic heterocycles. The molecule has 24 heavy (non-hydrogen) atoms. The van der Waals surface area contributed by atoms with Crippen LogP contribution in [0.3, 0.4) is 0 Å². The van der Waals surface area contributed by atoms with Crippen LogP contribution < -0.4 is 10.1 Å². The van der Waals surface area contributed by atoms with Crippen molar-refractivity contribution in [3.05, 3.63) is 63.9 Å². The van der Waals surface area contributed by atoms with Crippen LogP contribution in [-0.4, -0.2) is 19.3 Å². The summed E-state index contributed by atoms with van der Waals surface area (Å²) in [7, 11) is 0. The van der Waals surface area contributed by atoms with E-state index in [9.17, 15) is 4.39 Å². The number of ether oxygens (including phenoxy) is 2. The molecule has 1 aliphatic rings. The molecule has 1 saturated heterocycles. The average Bonchev–Trinajstić information content (AvgIpc) is 3.09. The summed E-state index contributed by atoms with van der Waals surface area (Å²) in [5.41, 5.74) is 1.66. The first kappa shape index (κ1) is 17.4. The van der Waals surface area contributed by atoms with Crippen LogP contribution in [0.4, 0.5) is 4.39 Å². The Morgan fingerprint density at radius 2 is 2.08 bits per heavy atom. The maximum absolute atomic E-state index is 13.7. The summed E-state index contributed by atoms with van der Waals surface area (Å²) < 4.78 is 26.3. The van der Waals surface area contributed by atoms with Gasteiger partial charge >= 0.3 is 0 Å². The predicted molar refractivity (Wildman–Crippen MR) is 94.3 cm³/mol. The molecule has 1 aliphatic heterocycles. The zero-order valence-corrected chi connectivity index (χ0v) is 15.1. The third kappa shape index (κ3) is 4.79. The molecule has 0 spiro atoms. The van der Waals surface area contributed by atoms with E-state index in [1.54, 1.807) is 12.1 Å². The van der Waals surface area contributed by atoms with Crippen molar-refractivity contribution < 1.29 is 19.2 Å². The molecule has 0 radical (unpaired) electrons. The fourth-order valence-corrected chi connectivity index (χ4v) is 3.28. The van der Waals surface area contributed by atoms with E-state index in [1.807, 2.05) is 18.2 Å². The van der Waals surface area contributed by atoms with Crippen LogP contribution in [0.2, 0.25) is 0 Å². The minimum Gasteiger partial charge on any atom is -0.488 e. The van der Waals surface area contributed by atoms with Gasteiger partial charge in [0.2, 0.25) is 0 Å². The van der Waals surface area contributed by atoms with E-state index in [2.05, 4.69) is 27.3 Å². The maximum atomic E-state index is 13.7. The number of hydrogen-bond donors (Lipinski definition) is 1. The molecular weight excluding hydrogens is 373 g/mol. The molecule has 2 N–H and O–H groups in total. The van der Waals surface area contributed by atoms with Crippen molar-refractivity contribution in [2.75, 3.05) is 13.2 Å². The fraction of sp³-hybridized carbons (Fsp3) is 0.368. The highest BCUT2D eigenvalue weighted by Crippen LogP contribution is 2.24. The van der Waals surface area contributed by atoms with Crippen molar-refractivity contribution in [3.8, 4) is 5.75 Å². The van der Waals surface area contributed by atoms with Crippen LogP contribution in [0.15, 0.2) is 46.9 Å². The first-order chi connectivity index (χ1) is 11.7. The van der Waals surface area contributed by atoms with E-state index >= 15 is 0 Å². The van der Waals surface area contributed by atoms with E-state index in [0.29, 0.717) is 11.7 Å². The topological polar surface area (TPSA) is 35.1 Å². The number of benzene rings is 2. The molecule has 0 bridgehead atoms. The quantitative estimate of drug-likeness (QED) is 0.780. The van der Waals surface area contributed by atoms with Crippen molar-refractivity contribution in [2.24, 2.45) is 0 Å². The maximum Gasteiger partial charge on any atom is 0.129 e. The van der Waals surface area contributed by atoms with Crippen molar-refractivity contribution in [1.82, 2.24) is 0 Å². The summed E-state index contributed by atoms with van der Waals surface area (Å²) >= 11 is 3.51. The van der Waals surface area contributed by atoms with Crippen LogP contribution in [-0.2, 0) is 17.9 Å². The molecule has 2 aromatic carbocycles. The number of halogens is 2. The number of rotatable bonds is 7. The highest BCUT2D eigenvalue weighted by molar-refractivity contribution is 9.10. The largest absolute Gasteiger partial charge is 0.488 e. The summed E-state index contributed by atoms with van der Waals surface area (Å²) in [6.45, 7) is 2.88. The number of hydrogen-bond acceptors (Lipinski definition) is 2. The monoisotopic (exact) mass is 394 g/mol. The van der Waals surface area contributed by atoms with Gasteiger partial charge in [-0.1, -0.05) is 34.1 Å². The molecule has 0 aliphatic carbocycles. The van der Waals surface area contributed by atoms with Crippen molar-refractivity contribution in [2.45, 2.75) is 32.1 Å². The molecule has 3 rings (SSSR count). The van der Waals surface area contributed by atoms with Gasteiger partial charge < -0.3 is 14.8 Å². The second kappa shape index (κ2) is 8.60. The zero-order valence-electron chi connectivity index (χ0n) is 13.5. The van der Waals surface area contributed by atoms with Gasteiger partial charge in [-0.05, 0) is 37.1 Å². The fourth-order valence-electron chi connectivity index (χ4n) is 2.87. The van der Waals surface area contributed by atoms with E-state index in [-0.39, 0.29) is 12.4 Å². The average molecular weight is 395 g/mol. The number of nitrogens with two attached hydrogens (primary N) is 1. The molecule has 128 valence electrons. The van der Waals surface area contributed by atoms with E-state index < -0.39 is 0 Å². The molecule has 1 fully saturated rings. The molecule has 1 atom stereocenters. The SMILES string of the molecule is Fc1ccccc1COc1ccc(Br)cc1C[NH2+]C[C@@H]1CCCO1. The molecule has 1 heterocycles. The molecule has 0 saturated carbocycles. The highest BCUT2D eigenvalue weighted by atomic mass is 79.9. The van der Waals surface area contributed by atoms with E-state index in [1.165, 1.54) is 6.07 Å². The summed E-state index contributed by atoms with van der Waals surface area (Å²) in [6.07, 6.45) is 2.66. The highest BCUT2D eigenvalue weighted by Gasteiger charge is 2.17. The number of quaternary nitrogens is 1. The van der Waals surface area contributed by atoms with Crippen molar-refractivity contribution in [3.63, 3.8) is 0 Å². The first-order valence-corrected chi connectivity index (χ1v) is 9.09. The summed E-state index contributed by atoms with van der Waals surface area (Å²) in [4.78, 5) is 0. The van der Waals surface area contributed by atoms with E-state index in [0.717, 1.165) is 48.3 Å². The lowest BCUT2D eigenvalue weighted by Gasteiger charge is -2.13. The van der Waals surface area contributed by atoms with Crippen LogP contribution in [0, 0.1) is 5.82 Å². The molecule has 2 aromatic rings. The standard InChI is InChI=1S/C19H21BrFNO2/c20-16-7-8-19(24-13-14-4-1-2-6-18(14)21)15(10-16)11-22-12-17-5-3-9-23-17/h1-2,4,6-8,10,17,22H,3,5,9,11-13H2/p+1/t17-/m0/s1. The molecule has 0 unspecified atom stereocenters. The third-order valence-corrected chi connectivity index (χ3v) is 4.67. The first-order valence-electron chi connectivity index (χ1n) is 8.30. The van der Waals surface area contributed by atoms with Crippen LogP contribution in [0.25, 0.3) is 0 Å². The lowest BCUT2D eigenvalue weighted by Crippen LogP contribution is -2.84. The van der Waals surface area contributed by atoms with Gasteiger partial charge in [0.1, 0.15) is 37.4 Å². The van der Waals surface area contributed by atoms with Gasteiger partial charge in [0, 0.05) is 22.2 Å². The normalized spacial score (nSPS) is 17.2. The summed E-state index contributed by atoms with van der Waals surface area (Å²) in [5.74, 6) is 0.561. The minimum absolute atomic E-state index is 0.229. The Bertz CT molecular complexity index is 674. The van der Waals surface area contributed by atoms with Crippen molar-refractivity contribution >= 4 is 15.9 Å². The predicted octanol–water partition coefficient (Wildman–Crippen LogP) is 3.41. The zero-order chi connectivity index (χ0) is 16.8. The smallest absolute Gasteiger partial charge is 0.129 e. The second-order valence-electron chi connectivity index (χ2n) is 6.00. The van der Waals surface area contributed by atoms with Crippen LogP contribution in [0.1, 0.15) is 24.0 Å². The van der Waals surface area contributed by atoms with Crippen molar-refractivity contribution in [1.29, 1.82) is 0 Å². The Morgan fingerprint density at radius 3 is 2.88 bits per heavy atom. The van der Waals surface area contributed by atoms with Gasteiger partial charge in [-0.25, -0.2) is 4.39 Å². The molecule has 0 amide bonds. The minimum atomic E-state index is -0.235. The van der Waals surface area contributed by atoms with Gasteiger partial charge in [-0.3, -0.25) is 0 Å². The summed E-state index contributed by atoms with van der Waals surface area (Å²) in [5, 5.41) is 2.24. The Hall–Kier alpha value is -1.43. The lowest BCUT2D eigenvalue weighted by molar-refractivity contribution is -0.676. The van der Waals surface area contributed by atoms with Gasteiger partial charge in [-0.15, -0.1) is 0 Å².